The minimum atomic E-state index is -0.0596. The molecule has 1 aliphatic carbocycles. The minimum absolute atomic E-state index is 0.0596. The minimum Gasteiger partial charge on any atom is -0.393 e. The van der Waals surface area contributed by atoms with Crippen LogP contribution in [0.5, 0.6) is 0 Å². The van der Waals surface area contributed by atoms with Crippen molar-refractivity contribution < 1.29 is 4.79 Å². The van der Waals surface area contributed by atoms with Crippen LogP contribution in [0.4, 0.5) is 0 Å². The molecule has 0 bridgehead atoms. The predicted octanol–water partition coefficient (Wildman–Crippen LogP) is 2.63. The summed E-state index contributed by atoms with van der Waals surface area (Å²) in [4.78, 5) is 12.6. The van der Waals surface area contributed by atoms with Crippen LogP contribution in [-0.2, 0) is 0 Å². The van der Waals surface area contributed by atoms with Crippen molar-refractivity contribution >= 4 is 39.0 Å². The van der Waals surface area contributed by atoms with Gasteiger partial charge in [-0.2, -0.15) is 0 Å². The average Bonchev–Trinajstić information content (AvgIpc) is 2.78. The number of rotatable bonds is 3. The van der Waals surface area contributed by atoms with E-state index < -0.39 is 0 Å². The third-order valence-corrected chi connectivity index (χ3v) is 4.14. The van der Waals surface area contributed by atoms with Crippen molar-refractivity contribution in [3.63, 3.8) is 0 Å². The summed E-state index contributed by atoms with van der Waals surface area (Å²) in [5.74, 6) is 0.0787. The highest BCUT2D eigenvalue weighted by atomic mass is 79.9. The zero-order chi connectivity index (χ0) is 13.1. The van der Waals surface area contributed by atoms with Crippen molar-refractivity contribution in [2.75, 3.05) is 0 Å². The molecule has 5 heteroatoms. The maximum atomic E-state index is 12.1. The third kappa shape index (κ3) is 3.09. The number of benzene rings is 1. The van der Waals surface area contributed by atoms with Crippen molar-refractivity contribution in [3.05, 3.63) is 34.3 Å². The zero-order valence-electron chi connectivity index (χ0n) is 9.86. The number of carbonyl (C=O) groups excluding carboxylic acids is 1. The van der Waals surface area contributed by atoms with Crippen LogP contribution in [0.1, 0.15) is 29.6 Å². The van der Waals surface area contributed by atoms with Gasteiger partial charge in [-0.1, -0.05) is 34.6 Å². The van der Waals surface area contributed by atoms with E-state index >= 15 is 0 Å². The van der Waals surface area contributed by atoms with Gasteiger partial charge in [-0.05, 0) is 37.1 Å². The van der Waals surface area contributed by atoms with Crippen LogP contribution >= 0.6 is 28.1 Å². The molecule has 18 heavy (non-hydrogen) atoms. The fraction of sp³-hybridized carbons (Fsp3) is 0.385. The van der Waals surface area contributed by atoms with Crippen LogP contribution in [-0.4, -0.2) is 16.9 Å². The molecule has 1 aromatic rings. The fourth-order valence-corrected chi connectivity index (χ4v) is 2.87. The molecule has 0 spiro atoms. The van der Waals surface area contributed by atoms with E-state index in [0.717, 1.165) is 23.7 Å². The van der Waals surface area contributed by atoms with E-state index in [1.165, 1.54) is 0 Å². The molecule has 0 aromatic heterocycles. The Hall–Kier alpha value is -0.940. The lowest BCUT2D eigenvalue weighted by molar-refractivity contribution is 0.0934. The SMILES string of the molecule is NC(=S)C1CCCC1NC(=O)c1ccc(Br)cc1. The molecule has 0 radical (unpaired) electrons. The van der Waals surface area contributed by atoms with Gasteiger partial charge >= 0.3 is 0 Å². The lowest BCUT2D eigenvalue weighted by Crippen LogP contribution is -2.41. The van der Waals surface area contributed by atoms with Crippen LogP contribution in [0.2, 0.25) is 0 Å². The van der Waals surface area contributed by atoms with E-state index in [-0.39, 0.29) is 17.9 Å². The lowest BCUT2D eigenvalue weighted by atomic mass is 10.0. The Bertz CT molecular complexity index is 461. The molecule has 1 fully saturated rings. The molecule has 1 aromatic carbocycles. The van der Waals surface area contributed by atoms with Gasteiger partial charge in [-0.15, -0.1) is 0 Å². The van der Waals surface area contributed by atoms with Crippen molar-refractivity contribution in [1.82, 2.24) is 5.32 Å². The second kappa shape index (κ2) is 5.80. The van der Waals surface area contributed by atoms with Crippen LogP contribution in [0, 0.1) is 5.92 Å². The highest BCUT2D eigenvalue weighted by molar-refractivity contribution is 9.10. The fourth-order valence-electron chi connectivity index (χ4n) is 2.33. The quantitative estimate of drug-likeness (QED) is 0.839. The molecule has 0 heterocycles. The van der Waals surface area contributed by atoms with E-state index in [1.54, 1.807) is 12.1 Å². The molecule has 1 saturated carbocycles. The number of halogens is 1. The van der Waals surface area contributed by atoms with Gasteiger partial charge in [-0.25, -0.2) is 0 Å². The molecule has 2 rings (SSSR count). The number of nitrogens with one attached hydrogen (secondary N) is 1. The van der Waals surface area contributed by atoms with E-state index in [0.29, 0.717) is 10.6 Å². The summed E-state index contributed by atoms with van der Waals surface area (Å²) >= 11 is 8.39. The normalized spacial score (nSPS) is 22.7. The van der Waals surface area contributed by atoms with E-state index in [4.69, 9.17) is 18.0 Å². The van der Waals surface area contributed by atoms with Crippen molar-refractivity contribution in [2.45, 2.75) is 25.3 Å². The van der Waals surface area contributed by atoms with E-state index in [9.17, 15) is 4.79 Å². The summed E-state index contributed by atoms with van der Waals surface area (Å²) in [5.41, 5.74) is 6.36. The maximum Gasteiger partial charge on any atom is 0.251 e. The molecule has 0 aliphatic heterocycles. The Morgan fingerprint density at radius 3 is 2.61 bits per heavy atom. The molecule has 3 N–H and O–H groups in total. The van der Waals surface area contributed by atoms with Gasteiger partial charge in [0.25, 0.3) is 5.91 Å². The van der Waals surface area contributed by atoms with Crippen LogP contribution in [0.3, 0.4) is 0 Å². The van der Waals surface area contributed by atoms with E-state index in [2.05, 4.69) is 21.2 Å². The monoisotopic (exact) mass is 326 g/mol. The maximum absolute atomic E-state index is 12.1. The summed E-state index contributed by atoms with van der Waals surface area (Å²) in [6.45, 7) is 0. The number of thiocarbonyl (C=S) groups is 1. The van der Waals surface area contributed by atoms with Gasteiger partial charge in [0.15, 0.2) is 0 Å². The first kappa shape index (κ1) is 13.5. The number of carbonyl (C=O) groups is 1. The topological polar surface area (TPSA) is 55.1 Å². The first-order valence-electron chi connectivity index (χ1n) is 5.93. The molecule has 3 nitrogen and oxygen atoms in total. The molecule has 2 atom stereocenters. The highest BCUT2D eigenvalue weighted by Crippen LogP contribution is 2.26. The van der Waals surface area contributed by atoms with Gasteiger partial charge in [0, 0.05) is 22.0 Å². The Morgan fingerprint density at radius 2 is 2.00 bits per heavy atom. The highest BCUT2D eigenvalue weighted by Gasteiger charge is 2.30. The number of hydrogen-bond acceptors (Lipinski definition) is 2. The van der Waals surface area contributed by atoms with E-state index in [1.807, 2.05) is 12.1 Å². The van der Waals surface area contributed by atoms with Gasteiger partial charge in [0.2, 0.25) is 0 Å². The number of amides is 1. The molecule has 2 unspecified atom stereocenters. The molecular formula is C13H15BrN2OS. The van der Waals surface area contributed by atoms with Crippen molar-refractivity contribution in [3.8, 4) is 0 Å². The second-order valence-corrected chi connectivity index (χ2v) is 5.91. The number of hydrogen-bond donors (Lipinski definition) is 2. The number of nitrogens with two attached hydrogens (primary N) is 1. The molecule has 96 valence electrons. The Kier molecular flexibility index (Phi) is 4.35. The Labute approximate surface area is 120 Å². The molecule has 1 aliphatic rings. The summed E-state index contributed by atoms with van der Waals surface area (Å²) in [7, 11) is 0. The van der Waals surface area contributed by atoms with Gasteiger partial charge in [-0.3, -0.25) is 4.79 Å². The third-order valence-electron chi connectivity index (χ3n) is 3.30. The van der Waals surface area contributed by atoms with Gasteiger partial charge < -0.3 is 11.1 Å². The lowest BCUT2D eigenvalue weighted by Gasteiger charge is -2.19. The van der Waals surface area contributed by atoms with Crippen LogP contribution < -0.4 is 11.1 Å². The summed E-state index contributed by atoms with van der Waals surface area (Å²) in [6.07, 6.45) is 2.98. The largest absolute Gasteiger partial charge is 0.393 e. The first-order valence-corrected chi connectivity index (χ1v) is 7.14. The average molecular weight is 327 g/mol. The Balaban J connectivity index is 2.03. The standard InChI is InChI=1S/C13H15BrN2OS/c14-9-6-4-8(5-7-9)13(17)16-11-3-1-2-10(11)12(15)18/h4-7,10-11H,1-3H2,(H2,15,18)(H,16,17). The summed E-state index contributed by atoms with van der Waals surface area (Å²) in [6, 6.07) is 7.39. The molecule has 1 amide bonds. The Morgan fingerprint density at radius 1 is 1.33 bits per heavy atom. The first-order chi connectivity index (χ1) is 8.58. The molecular weight excluding hydrogens is 312 g/mol. The zero-order valence-corrected chi connectivity index (χ0v) is 12.3. The summed E-state index contributed by atoms with van der Waals surface area (Å²) < 4.78 is 0.959. The van der Waals surface area contributed by atoms with Crippen molar-refractivity contribution in [2.24, 2.45) is 11.7 Å². The smallest absolute Gasteiger partial charge is 0.251 e. The second-order valence-electron chi connectivity index (χ2n) is 4.53. The van der Waals surface area contributed by atoms with Crippen molar-refractivity contribution in [1.29, 1.82) is 0 Å². The predicted molar refractivity (Wildman–Crippen MR) is 79.5 cm³/mol. The summed E-state index contributed by atoms with van der Waals surface area (Å²) in [5, 5.41) is 3.02. The van der Waals surface area contributed by atoms with Gasteiger partial charge in [0.1, 0.15) is 0 Å². The van der Waals surface area contributed by atoms with Gasteiger partial charge in [0.05, 0.1) is 4.99 Å². The van der Waals surface area contributed by atoms with Crippen LogP contribution in [0.25, 0.3) is 0 Å². The van der Waals surface area contributed by atoms with Crippen LogP contribution in [0.15, 0.2) is 28.7 Å². The molecule has 0 saturated heterocycles.